The molecule has 180 valence electrons. The number of thiocarbonyl (C=S) groups is 1. The zero-order valence-corrected chi connectivity index (χ0v) is 21.6. The summed E-state index contributed by atoms with van der Waals surface area (Å²) < 4.78 is 8.42. The van der Waals surface area contributed by atoms with E-state index in [9.17, 15) is 9.59 Å². The van der Waals surface area contributed by atoms with E-state index in [2.05, 4.69) is 21.2 Å². The molecule has 1 N–H and O–H groups in total. The van der Waals surface area contributed by atoms with Crippen molar-refractivity contribution >= 4 is 67.7 Å². The first kappa shape index (κ1) is 23.7. The highest BCUT2D eigenvalue weighted by Crippen LogP contribution is 2.31. The molecule has 0 bridgehead atoms. The maximum atomic E-state index is 13.4. The van der Waals surface area contributed by atoms with Crippen LogP contribution in [0.25, 0.3) is 17.0 Å². The fourth-order valence-electron chi connectivity index (χ4n) is 4.49. The van der Waals surface area contributed by atoms with E-state index in [-0.39, 0.29) is 24.5 Å². The van der Waals surface area contributed by atoms with Gasteiger partial charge in [0.1, 0.15) is 12.2 Å². The van der Waals surface area contributed by atoms with Gasteiger partial charge >= 0.3 is 0 Å². The number of aromatic nitrogens is 1. The minimum absolute atomic E-state index is 0.0787. The molecule has 0 unspecified atom stereocenters. The van der Waals surface area contributed by atoms with Crippen molar-refractivity contribution in [3.05, 3.63) is 70.5 Å². The van der Waals surface area contributed by atoms with Crippen LogP contribution in [0.4, 0.5) is 5.69 Å². The molecule has 1 atom stereocenters. The van der Waals surface area contributed by atoms with Crippen LogP contribution in [0.15, 0.2) is 64.9 Å². The number of anilines is 1. The Morgan fingerprint density at radius 2 is 2.06 bits per heavy atom. The SMILES string of the molecule is CN1C(=S)N(c2ccccc2)C(=O)/C1=C/c1cn(CC(=O)NC[C@H]2CCCO2)c2ccc(Br)cc12. The third kappa shape index (κ3) is 4.76. The summed E-state index contributed by atoms with van der Waals surface area (Å²) >= 11 is 9.13. The van der Waals surface area contributed by atoms with Crippen LogP contribution in [0.1, 0.15) is 18.4 Å². The van der Waals surface area contributed by atoms with Crippen molar-refractivity contribution in [1.29, 1.82) is 0 Å². The molecule has 0 aliphatic carbocycles. The van der Waals surface area contributed by atoms with E-state index in [1.165, 1.54) is 4.90 Å². The van der Waals surface area contributed by atoms with E-state index >= 15 is 0 Å². The van der Waals surface area contributed by atoms with E-state index < -0.39 is 0 Å². The lowest BCUT2D eigenvalue weighted by atomic mass is 10.1. The van der Waals surface area contributed by atoms with Gasteiger partial charge in [-0.25, -0.2) is 0 Å². The highest BCUT2D eigenvalue weighted by atomic mass is 79.9. The fourth-order valence-corrected chi connectivity index (χ4v) is 5.14. The van der Waals surface area contributed by atoms with Gasteiger partial charge in [-0.2, -0.15) is 0 Å². The number of hydrogen-bond donors (Lipinski definition) is 1. The zero-order valence-electron chi connectivity index (χ0n) is 19.2. The number of rotatable bonds is 6. The lowest BCUT2D eigenvalue weighted by molar-refractivity contribution is -0.122. The summed E-state index contributed by atoms with van der Waals surface area (Å²) in [6.45, 7) is 1.45. The third-order valence-electron chi connectivity index (χ3n) is 6.31. The lowest BCUT2D eigenvalue weighted by Crippen LogP contribution is -2.34. The van der Waals surface area contributed by atoms with Gasteiger partial charge in [0.25, 0.3) is 5.91 Å². The van der Waals surface area contributed by atoms with Gasteiger partial charge < -0.3 is 19.5 Å². The Bertz CT molecular complexity index is 1330. The minimum Gasteiger partial charge on any atom is -0.376 e. The number of para-hydroxylation sites is 1. The second-order valence-corrected chi connectivity index (χ2v) is 9.94. The van der Waals surface area contributed by atoms with Crippen molar-refractivity contribution in [3.8, 4) is 0 Å². The first-order chi connectivity index (χ1) is 16.9. The van der Waals surface area contributed by atoms with Crippen molar-refractivity contribution in [2.45, 2.75) is 25.5 Å². The summed E-state index contributed by atoms with van der Waals surface area (Å²) in [5.41, 5.74) is 2.94. The molecule has 3 aromatic rings. The molecule has 9 heteroatoms. The number of nitrogens with one attached hydrogen (secondary N) is 1. The van der Waals surface area contributed by atoms with E-state index in [0.29, 0.717) is 17.4 Å². The molecule has 2 aliphatic heterocycles. The van der Waals surface area contributed by atoms with Gasteiger partial charge in [0, 0.05) is 47.3 Å². The molecule has 7 nitrogen and oxygen atoms in total. The maximum absolute atomic E-state index is 13.4. The number of amides is 2. The number of likely N-dealkylation sites (N-methyl/N-ethyl adjacent to an activating group) is 1. The highest BCUT2D eigenvalue weighted by Gasteiger charge is 2.36. The molecule has 35 heavy (non-hydrogen) atoms. The Hall–Kier alpha value is -3.01. The second-order valence-electron chi connectivity index (χ2n) is 8.66. The van der Waals surface area contributed by atoms with Gasteiger partial charge in [0.2, 0.25) is 5.91 Å². The molecule has 2 aromatic carbocycles. The molecular weight excluding hydrogens is 528 g/mol. The van der Waals surface area contributed by atoms with Crippen molar-refractivity contribution in [2.24, 2.45) is 0 Å². The number of nitrogens with zero attached hydrogens (tertiary/aromatic N) is 3. The Balaban J connectivity index is 1.45. The smallest absolute Gasteiger partial charge is 0.281 e. The molecule has 0 radical (unpaired) electrons. The van der Waals surface area contributed by atoms with Crippen LogP contribution < -0.4 is 10.2 Å². The molecule has 0 spiro atoms. The first-order valence-corrected chi connectivity index (χ1v) is 12.7. The summed E-state index contributed by atoms with van der Waals surface area (Å²) in [5.74, 6) is -0.265. The number of hydrogen-bond acceptors (Lipinski definition) is 4. The molecule has 3 heterocycles. The van der Waals surface area contributed by atoms with Crippen LogP contribution >= 0.6 is 28.1 Å². The Morgan fingerprint density at radius 1 is 1.26 bits per heavy atom. The van der Waals surface area contributed by atoms with Crippen molar-refractivity contribution < 1.29 is 14.3 Å². The largest absolute Gasteiger partial charge is 0.376 e. The molecule has 0 saturated carbocycles. The third-order valence-corrected chi connectivity index (χ3v) is 7.26. The Labute approximate surface area is 217 Å². The standard InChI is InChI=1S/C26H25BrN4O3S/c1-29-23(25(33)31(26(29)35)19-6-3-2-4-7-19)12-17-15-30(22-10-9-18(27)13-21(17)22)16-24(32)28-14-20-8-5-11-34-20/h2-4,6-7,9-10,12-13,15,20H,5,8,11,14,16H2,1H3,(H,28,32)/b23-12-/t20-/m1/s1. The Kier molecular flexibility index (Phi) is 6.73. The average Bonchev–Trinajstić information content (AvgIpc) is 3.54. The van der Waals surface area contributed by atoms with E-state index in [4.69, 9.17) is 17.0 Å². The number of carbonyl (C=O) groups is 2. The number of fused-ring (bicyclic) bond motifs is 1. The molecule has 2 fully saturated rings. The number of halogens is 1. The normalized spacial score (nSPS) is 19.4. The summed E-state index contributed by atoms with van der Waals surface area (Å²) in [4.78, 5) is 29.3. The molecule has 5 rings (SSSR count). The average molecular weight is 553 g/mol. The lowest BCUT2D eigenvalue weighted by Gasteiger charge is -2.16. The van der Waals surface area contributed by atoms with Crippen LogP contribution in [0, 0.1) is 0 Å². The second kappa shape index (κ2) is 9.93. The topological polar surface area (TPSA) is 66.8 Å². The van der Waals surface area contributed by atoms with Crippen molar-refractivity contribution in [1.82, 2.24) is 14.8 Å². The van der Waals surface area contributed by atoms with Crippen LogP contribution in [-0.2, 0) is 20.9 Å². The van der Waals surface area contributed by atoms with Gasteiger partial charge in [-0.3, -0.25) is 14.5 Å². The number of benzene rings is 2. The maximum Gasteiger partial charge on any atom is 0.281 e. The number of ether oxygens (including phenoxy) is 1. The quantitative estimate of drug-likeness (QED) is 0.364. The fraction of sp³-hybridized carbons (Fsp3) is 0.269. The first-order valence-electron chi connectivity index (χ1n) is 11.5. The van der Waals surface area contributed by atoms with Crippen LogP contribution in [0.2, 0.25) is 0 Å². The molecule has 1 aromatic heterocycles. The highest BCUT2D eigenvalue weighted by molar-refractivity contribution is 9.10. The molecular formula is C26H25BrN4O3S. The van der Waals surface area contributed by atoms with Crippen LogP contribution in [0.5, 0.6) is 0 Å². The van der Waals surface area contributed by atoms with Gasteiger partial charge in [0.05, 0.1) is 11.8 Å². The van der Waals surface area contributed by atoms with Crippen LogP contribution in [0.3, 0.4) is 0 Å². The van der Waals surface area contributed by atoms with Crippen LogP contribution in [-0.4, -0.2) is 52.7 Å². The molecule has 2 aliphatic rings. The minimum atomic E-state index is -0.186. The molecule has 2 saturated heterocycles. The predicted octanol–water partition coefficient (Wildman–Crippen LogP) is 4.30. The van der Waals surface area contributed by atoms with E-state index in [1.54, 1.807) is 11.9 Å². The summed E-state index contributed by atoms with van der Waals surface area (Å²) in [6, 6.07) is 15.3. The van der Waals surface area contributed by atoms with E-state index in [0.717, 1.165) is 46.1 Å². The predicted molar refractivity (Wildman–Crippen MR) is 144 cm³/mol. The van der Waals surface area contributed by atoms with Crippen molar-refractivity contribution in [3.63, 3.8) is 0 Å². The number of carbonyl (C=O) groups excluding carboxylic acids is 2. The molecule has 2 amide bonds. The van der Waals surface area contributed by atoms with Crippen molar-refractivity contribution in [2.75, 3.05) is 25.1 Å². The Morgan fingerprint density at radius 3 is 2.80 bits per heavy atom. The summed E-state index contributed by atoms with van der Waals surface area (Å²) in [6.07, 6.45) is 5.85. The van der Waals surface area contributed by atoms with Gasteiger partial charge in [0.15, 0.2) is 5.11 Å². The zero-order chi connectivity index (χ0) is 24.5. The van der Waals surface area contributed by atoms with Gasteiger partial charge in [-0.05, 0) is 61.5 Å². The van der Waals surface area contributed by atoms with Gasteiger partial charge in [-0.15, -0.1) is 0 Å². The van der Waals surface area contributed by atoms with Gasteiger partial charge in [-0.1, -0.05) is 34.1 Å². The monoisotopic (exact) mass is 552 g/mol. The van der Waals surface area contributed by atoms with E-state index in [1.807, 2.05) is 65.4 Å². The summed E-state index contributed by atoms with van der Waals surface area (Å²) in [5, 5.41) is 4.34. The summed E-state index contributed by atoms with van der Waals surface area (Å²) in [7, 11) is 1.79.